The normalized spacial score (nSPS) is 15.0. The van der Waals surface area contributed by atoms with Crippen LogP contribution in [0, 0.1) is 23.0 Å². The number of halogens is 2. The summed E-state index contributed by atoms with van der Waals surface area (Å²) in [5.74, 6) is -0.942. The lowest BCUT2D eigenvalue weighted by molar-refractivity contribution is 0.568. The van der Waals surface area contributed by atoms with Gasteiger partial charge in [0.1, 0.15) is 17.7 Å². The third-order valence-electron chi connectivity index (χ3n) is 3.44. The molecular weight excluding hydrogens is 276 g/mol. The maximum Gasteiger partial charge on any atom is 0.207 e. The molecule has 0 aliphatic carbocycles. The monoisotopic (exact) mass is 289 g/mol. The van der Waals surface area contributed by atoms with Crippen molar-refractivity contribution in [3.05, 3.63) is 35.5 Å². The Labute approximate surface area is 120 Å². The lowest BCUT2D eigenvalue weighted by Crippen LogP contribution is -2.30. The van der Waals surface area contributed by atoms with Gasteiger partial charge in [-0.25, -0.2) is 8.78 Å². The average molecular weight is 289 g/mol. The van der Waals surface area contributed by atoms with Crippen molar-refractivity contribution in [1.82, 2.24) is 15.0 Å². The van der Waals surface area contributed by atoms with Gasteiger partial charge in [0, 0.05) is 31.3 Å². The van der Waals surface area contributed by atoms with E-state index in [2.05, 4.69) is 10.2 Å². The molecule has 0 saturated carbocycles. The van der Waals surface area contributed by atoms with Crippen LogP contribution < -0.4 is 4.90 Å². The molecule has 1 saturated heterocycles. The van der Waals surface area contributed by atoms with Crippen molar-refractivity contribution >= 4 is 5.82 Å². The van der Waals surface area contributed by atoms with Crippen LogP contribution in [0.5, 0.6) is 0 Å². The van der Waals surface area contributed by atoms with Crippen molar-refractivity contribution in [3.8, 4) is 11.8 Å². The molecule has 0 bridgehead atoms. The van der Waals surface area contributed by atoms with Gasteiger partial charge in [-0.15, -0.1) is 15.0 Å². The standard InChI is InChI=1S/C14H13F2N5/c15-10-6-11(16)8-12(7-10)21-18-13(9-17)14(19-21)20-4-2-1-3-5-20/h6-8H,1-5H2. The SMILES string of the molecule is N#Cc1nn(-c2cc(F)cc(F)c2)nc1N1CCCCC1. The van der Waals surface area contributed by atoms with Gasteiger partial charge < -0.3 is 4.90 Å². The molecule has 21 heavy (non-hydrogen) atoms. The smallest absolute Gasteiger partial charge is 0.207 e. The van der Waals surface area contributed by atoms with Crippen molar-refractivity contribution in [3.63, 3.8) is 0 Å². The van der Waals surface area contributed by atoms with Crippen LogP contribution in [-0.2, 0) is 0 Å². The van der Waals surface area contributed by atoms with Crippen LogP contribution in [0.25, 0.3) is 5.69 Å². The lowest BCUT2D eigenvalue weighted by Gasteiger charge is -2.26. The molecule has 0 radical (unpaired) electrons. The Morgan fingerprint density at radius 1 is 1.00 bits per heavy atom. The fourth-order valence-electron chi connectivity index (χ4n) is 2.46. The summed E-state index contributed by atoms with van der Waals surface area (Å²) in [6.07, 6.45) is 3.22. The Hall–Kier alpha value is -2.49. The van der Waals surface area contributed by atoms with E-state index >= 15 is 0 Å². The second kappa shape index (κ2) is 5.48. The molecule has 0 unspecified atom stereocenters. The van der Waals surface area contributed by atoms with Crippen LogP contribution in [0.3, 0.4) is 0 Å². The molecular formula is C14H13F2N5. The fraction of sp³-hybridized carbons (Fsp3) is 0.357. The Morgan fingerprint density at radius 3 is 2.29 bits per heavy atom. The zero-order chi connectivity index (χ0) is 14.8. The van der Waals surface area contributed by atoms with E-state index in [1.807, 2.05) is 11.0 Å². The van der Waals surface area contributed by atoms with Gasteiger partial charge in [0.2, 0.25) is 5.69 Å². The molecule has 1 aliphatic heterocycles. The quantitative estimate of drug-likeness (QED) is 0.852. The molecule has 2 heterocycles. The minimum absolute atomic E-state index is 0.159. The molecule has 0 N–H and O–H groups in total. The Bertz CT molecular complexity index is 678. The van der Waals surface area contributed by atoms with Gasteiger partial charge >= 0.3 is 0 Å². The van der Waals surface area contributed by atoms with Crippen LogP contribution in [0.4, 0.5) is 14.6 Å². The van der Waals surface area contributed by atoms with Crippen molar-refractivity contribution in [1.29, 1.82) is 5.26 Å². The molecule has 5 nitrogen and oxygen atoms in total. The summed E-state index contributed by atoms with van der Waals surface area (Å²) in [6.45, 7) is 1.62. The van der Waals surface area contributed by atoms with Crippen LogP contribution in [-0.4, -0.2) is 28.1 Å². The first-order valence-electron chi connectivity index (χ1n) is 6.76. The van der Waals surface area contributed by atoms with E-state index in [0.29, 0.717) is 5.82 Å². The van der Waals surface area contributed by atoms with Crippen molar-refractivity contribution in [2.75, 3.05) is 18.0 Å². The molecule has 7 heteroatoms. The zero-order valence-corrected chi connectivity index (χ0v) is 11.3. The Morgan fingerprint density at radius 2 is 1.67 bits per heavy atom. The Balaban J connectivity index is 2.00. The predicted octanol–water partition coefficient (Wildman–Crippen LogP) is 2.41. The summed E-state index contributed by atoms with van der Waals surface area (Å²) in [7, 11) is 0. The highest BCUT2D eigenvalue weighted by Gasteiger charge is 2.20. The fourth-order valence-corrected chi connectivity index (χ4v) is 2.46. The third-order valence-corrected chi connectivity index (χ3v) is 3.44. The minimum atomic E-state index is -0.708. The van der Waals surface area contributed by atoms with Gasteiger partial charge in [0.15, 0.2) is 5.82 Å². The van der Waals surface area contributed by atoms with Crippen LogP contribution in [0.15, 0.2) is 18.2 Å². The number of aromatic nitrogens is 3. The number of hydrogen-bond acceptors (Lipinski definition) is 4. The van der Waals surface area contributed by atoms with Gasteiger partial charge in [-0.1, -0.05) is 0 Å². The van der Waals surface area contributed by atoms with Crippen molar-refractivity contribution < 1.29 is 8.78 Å². The third kappa shape index (κ3) is 2.70. The minimum Gasteiger partial charge on any atom is -0.353 e. The van der Waals surface area contributed by atoms with Crippen LogP contribution in [0.2, 0.25) is 0 Å². The molecule has 1 fully saturated rings. The van der Waals surface area contributed by atoms with Crippen molar-refractivity contribution in [2.24, 2.45) is 0 Å². The van der Waals surface area contributed by atoms with E-state index in [1.54, 1.807) is 0 Å². The highest BCUT2D eigenvalue weighted by Crippen LogP contribution is 2.22. The molecule has 0 atom stereocenters. The second-order valence-electron chi connectivity index (χ2n) is 4.95. The topological polar surface area (TPSA) is 57.7 Å². The number of anilines is 1. The summed E-state index contributed by atoms with van der Waals surface area (Å²) >= 11 is 0. The number of nitrogens with zero attached hydrogens (tertiary/aromatic N) is 5. The molecule has 108 valence electrons. The van der Waals surface area contributed by atoms with E-state index in [-0.39, 0.29) is 11.4 Å². The molecule has 1 aliphatic rings. The number of hydrogen-bond donors (Lipinski definition) is 0. The summed E-state index contributed by atoms with van der Waals surface area (Å²) in [4.78, 5) is 3.09. The van der Waals surface area contributed by atoms with Gasteiger partial charge in [-0.3, -0.25) is 0 Å². The number of nitriles is 1. The lowest BCUT2D eigenvalue weighted by atomic mass is 10.1. The molecule has 2 aromatic rings. The molecule has 1 aromatic carbocycles. The van der Waals surface area contributed by atoms with Gasteiger partial charge in [-0.05, 0) is 19.3 Å². The number of benzene rings is 1. The highest BCUT2D eigenvalue weighted by atomic mass is 19.1. The summed E-state index contributed by atoms with van der Waals surface area (Å²) < 4.78 is 26.5. The maximum absolute atomic E-state index is 13.3. The summed E-state index contributed by atoms with van der Waals surface area (Å²) in [5.41, 5.74) is 0.328. The van der Waals surface area contributed by atoms with Gasteiger partial charge in [0.25, 0.3) is 0 Å². The van der Waals surface area contributed by atoms with Crippen LogP contribution >= 0.6 is 0 Å². The van der Waals surface area contributed by atoms with E-state index < -0.39 is 11.6 Å². The first-order valence-corrected chi connectivity index (χ1v) is 6.76. The molecule has 3 rings (SSSR count). The van der Waals surface area contributed by atoms with Crippen LogP contribution in [0.1, 0.15) is 25.0 Å². The highest BCUT2D eigenvalue weighted by molar-refractivity contribution is 5.50. The Kier molecular flexibility index (Phi) is 3.52. The molecule has 1 aromatic heterocycles. The van der Waals surface area contributed by atoms with E-state index in [0.717, 1.165) is 55.3 Å². The number of piperidine rings is 1. The summed E-state index contributed by atoms with van der Waals surface area (Å²) in [6, 6.07) is 5.03. The zero-order valence-electron chi connectivity index (χ0n) is 11.3. The van der Waals surface area contributed by atoms with E-state index in [1.165, 1.54) is 0 Å². The largest absolute Gasteiger partial charge is 0.353 e. The van der Waals surface area contributed by atoms with E-state index in [9.17, 15) is 14.0 Å². The maximum atomic E-state index is 13.3. The number of rotatable bonds is 2. The van der Waals surface area contributed by atoms with Gasteiger partial charge in [0.05, 0.1) is 5.69 Å². The van der Waals surface area contributed by atoms with E-state index in [4.69, 9.17) is 0 Å². The predicted molar refractivity (Wildman–Crippen MR) is 72.1 cm³/mol. The first kappa shape index (κ1) is 13.5. The average Bonchev–Trinajstić information content (AvgIpc) is 2.91. The van der Waals surface area contributed by atoms with Gasteiger partial charge in [-0.2, -0.15) is 5.26 Å². The second-order valence-corrected chi connectivity index (χ2v) is 4.95. The molecule has 0 spiro atoms. The summed E-state index contributed by atoms with van der Waals surface area (Å²) in [5, 5.41) is 17.4. The van der Waals surface area contributed by atoms with Crippen molar-refractivity contribution in [2.45, 2.75) is 19.3 Å². The molecule has 0 amide bonds. The first-order chi connectivity index (χ1) is 10.2.